The van der Waals surface area contributed by atoms with Crippen LogP contribution in [0.2, 0.25) is 0 Å². The number of hydrogen-bond donors (Lipinski definition) is 2. The van der Waals surface area contributed by atoms with Gasteiger partial charge in [-0.1, -0.05) is 20.3 Å². The summed E-state index contributed by atoms with van der Waals surface area (Å²) in [5.41, 5.74) is 0. The van der Waals surface area contributed by atoms with Gasteiger partial charge in [0.05, 0.1) is 6.26 Å². The molecule has 0 aliphatic heterocycles. The van der Waals surface area contributed by atoms with Crippen LogP contribution in [-0.2, 0) is 6.42 Å². The largest absolute Gasteiger partial charge is 0.469 e. The molecule has 0 aromatic carbocycles. The van der Waals surface area contributed by atoms with Gasteiger partial charge in [-0.2, -0.15) is 0 Å². The number of furan rings is 1. The van der Waals surface area contributed by atoms with Crippen LogP contribution in [0, 0.1) is 5.92 Å². The number of halogens is 1. The van der Waals surface area contributed by atoms with Gasteiger partial charge < -0.3 is 15.1 Å². The molecular formula is C15H26IN3O. The number of unbranched alkanes of at least 4 members (excludes halogenated alkanes) is 1. The van der Waals surface area contributed by atoms with Gasteiger partial charge in [0.25, 0.3) is 0 Å². The van der Waals surface area contributed by atoms with Gasteiger partial charge in [-0.05, 0) is 30.9 Å². The third-order valence-electron chi connectivity index (χ3n) is 3.46. The van der Waals surface area contributed by atoms with Crippen LogP contribution < -0.4 is 10.6 Å². The lowest BCUT2D eigenvalue weighted by molar-refractivity contribution is 0.506. The summed E-state index contributed by atoms with van der Waals surface area (Å²) in [6.45, 7) is 6.21. The molecule has 1 aromatic heterocycles. The van der Waals surface area contributed by atoms with Crippen LogP contribution in [-0.4, -0.2) is 25.1 Å². The van der Waals surface area contributed by atoms with E-state index in [0.717, 1.165) is 43.6 Å². The molecule has 1 aliphatic carbocycles. The summed E-state index contributed by atoms with van der Waals surface area (Å²) in [7, 11) is 0. The minimum atomic E-state index is 0. The van der Waals surface area contributed by atoms with Gasteiger partial charge in [-0.25, -0.2) is 0 Å². The Balaban J connectivity index is 0.00000200. The fourth-order valence-corrected chi connectivity index (χ4v) is 1.96. The van der Waals surface area contributed by atoms with Crippen molar-refractivity contribution in [1.29, 1.82) is 0 Å². The molecule has 1 fully saturated rings. The molecule has 1 aliphatic rings. The van der Waals surface area contributed by atoms with E-state index in [0.29, 0.717) is 6.04 Å². The Morgan fingerprint density at radius 1 is 1.50 bits per heavy atom. The van der Waals surface area contributed by atoms with E-state index in [4.69, 9.17) is 4.42 Å². The molecule has 20 heavy (non-hydrogen) atoms. The Hall–Kier alpha value is -0.720. The van der Waals surface area contributed by atoms with Crippen molar-refractivity contribution in [2.45, 2.75) is 45.6 Å². The van der Waals surface area contributed by atoms with Crippen LogP contribution in [0.4, 0.5) is 0 Å². The van der Waals surface area contributed by atoms with E-state index in [-0.39, 0.29) is 24.0 Å². The number of nitrogens with one attached hydrogen (secondary N) is 2. The summed E-state index contributed by atoms with van der Waals surface area (Å²) < 4.78 is 5.32. The minimum Gasteiger partial charge on any atom is -0.469 e. The van der Waals surface area contributed by atoms with E-state index in [1.165, 1.54) is 12.8 Å². The third kappa shape index (κ3) is 6.15. The van der Waals surface area contributed by atoms with Crippen LogP contribution in [0.15, 0.2) is 27.8 Å². The van der Waals surface area contributed by atoms with E-state index < -0.39 is 0 Å². The van der Waals surface area contributed by atoms with Crippen molar-refractivity contribution in [3.63, 3.8) is 0 Å². The van der Waals surface area contributed by atoms with Crippen molar-refractivity contribution < 1.29 is 4.42 Å². The molecule has 0 amide bonds. The molecule has 2 atom stereocenters. The van der Waals surface area contributed by atoms with Gasteiger partial charge in [0.2, 0.25) is 0 Å². The average molecular weight is 391 g/mol. The quantitative estimate of drug-likeness (QED) is 0.325. The first-order valence-electron chi connectivity index (χ1n) is 7.37. The van der Waals surface area contributed by atoms with Crippen molar-refractivity contribution in [3.05, 3.63) is 24.2 Å². The molecule has 2 unspecified atom stereocenters. The maximum absolute atomic E-state index is 5.32. The fraction of sp³-hybridized carbons (Fsp3) is 0.667. The summed E-state index contributed by atoms with van der Waals surface area (Å²) in [6, 6.07) is 4.54. The predicted molar refractivity (Wildman–Crippen MR) is 93.7 cm³/mol. The minimum absolute atomic E-state index is 0. The Morgan fingerprint density at radius 2 is 2.30 bits per heavy atom. The number of nitrogens with zero attached hydrogens (tertiary/aromatic N) is 1. The first-order valence-corrected chi connectivity index (χ1v) is 7.37. The molecule has 2 N–H and O–H groups in total. The number of rotatable bonds is 7. The summed E-state index contributed by atoms with van der Waals surface area (Å²) in [5, 5.41) is 6.88. The molecule has 5 heteroatoms. The third-order valence-corrected chi connectivity index (χ3v) is 3.46. The number of guanidine groups is 1. The average Bonchev–Trinajstić information content (AvgIpc) is 2.90. The van der Waals surface area contributed by atoms with Crippen molar-refractivity contribution in [1.82, 2.24) is 10.6 Å². The molecule has 0 spiro atoms. The maximum Gasteiger partial charge on any atom is 0.191 e. The van der Waals surface area contributed by atoms with E-state index in [1.54, 1.807) is 6.26 Å². The summed E-state index contributed by atoms with van der Waals surface area (Å²) in [5.74, 6) is 2.75. The highest BCUT2D eigenvalue weighted by Gasteiger charge is 2.33. The zero-order valence-corrected chi connectivity index (χ0v) is 14.7. The normalized spacial score (nSPS) is 21.2. The second-order valence-corrected chi connectivity index (χ2v) is 5.30. The molecule has 1 saturated carbocycles. The van der Waals surface area contributed by atoms with Crippen molar-refractivity contribution in [2.75, 3.05) is 13.1 Å². The molecule has 0 bridgehead atoms. The molecular weight excluding hydrogens is 365 g/mol. The zero-order valence-electron chi connectivity index (χ0n) is 12.4. The SMILES string of the molecule is CCCCN=C(NCCc1ccco1)NC1CC1C.I. The first-order chi connectivity index (χ1) is 9.29. The van der Waals surface area contributed by atoms with Crippen molar-refractivity contribution >= 4 is 29.9 Å². The molecule has 114 valence electrons. The second-order valence-electron chi connectivity index (χ2n) is 5.30. The molecule has 0 radical (unpaired) electrons. The lowest BCUT2D eigenvalue weighted by atomic mass is 10.3. The van der Waals surface area contributed by atoms with Crippen molar-refractivity contribution in [2.24, 2.45) is 10.9 Å². The van der Waals surface area contributed by atoms with E-state index >= 15 is 0 Å². The van der Waals surface area contributed by atoms with E-state index in [1.807, 2.05) is 12.1 Å². The smallest absolute Gasteiger partial charge is 0.191 e. The Morgan fingerprint density at radius 3 is 2.90 bits per heavy atom. The summed E-state index contributed by atoms with van der Waals surface area (Å²) in [4.78, 5) is 4.61. The molecule has 1 aromatic rings. The van der Waals surface area contributed by atoms with Gasteiger partial charge in [0.1, 0.15) is 5.76 Å². The van der Waals surface area contributed by atoms with Crippen LogP contribution >= 0.6 is 24.0 Å². The lowest BCUT2D eigenvalue weighted by Gasteiger charge is -2.11. The Labute approximate surface area is 138 Å². The van der Waals surface area contributed by atoms with Crippen LogP contribution in [0.25, 0.3) is 0 Å². The van der Waals surface area contributed by atoms with Crippen LogP contribution in [0.5, 0.6) is 0 Å². The highest BCUT2D eigenvalue weighted by Crippen LogP contribution is 2.28. The highest BCUT2D eigenvalue weighted by atomic mass is 127. The van der Waals surface area contributed by atoms with Gasteiger partial charge in [0.15, 0.2) is 5.96 Å². The fourth-order valence-electron chi connectivity index (χ4n) is 1.96. The van der Waals surface area contributed by atoms with Crippen LogP contribution in [0.1, 0.15) is 38.9 Å². The monoisotopic (exact) mass is 391 g/mol. The standard InChI is InChI=1S/C15H25N3O.HI/c1-3-4-8-16-15(18-14-11-12(14)2)17-9-7-13-6-5-10-19-13;/h5-6,10,12,14H,3-4,7-9,11H2,1-2H3,(H2,16,17,18);1H. The van der Waals surface area contributed by atoms with Crippen molar-refractivity contribution in [3.8, 4) is 0 Å². The van der Waals surface area contributed by atoms with Gasteiger partial charge >= 0.3 is 0 Å². The molecule has 1 heterocycles. The Bertz CT molecular complexity index is 392. The maximum atomic E-state index is 5.32. The topological polar surface area (TPSA) is 49.6 Å². The van der Waals surface area contributed by atoms with Crippen LogP contribution in [0.3, 0.4) is 0 Å². The predicted octanol–water partition coefficient (Wildman–Crippen LogP) is 3.18. The molecule has 2 rings (SSSR count). The summed E-state index contributed by atoms with van der Waals surface area (Å²) in [6.07, 6.45) is 6.19. The summed E-state index contributed by atoms with van der Waals surface area (Å²) >= 11 is 0. The number of aliphatic imine (C=N–C) groups is 1. The van der Waals surface area contributed by atoms with E-state index in [9.17, 15) is 0 Å². The highest BCUT2D eigenvalue weighted by molar-refractivity contribution is 14.0. The lowest BCUT2D eigenvalue weighted by Crippen LogP contribution is -2.40. The Kier molecular flexibility index (Phi) is 8.02. The molecule has 4 nitrogen and oxygen atoms in total. The zero-order chi connectivity index (χ0) is 13.5. The molecule has 0 saturated heterocycles. The van der Waals surface area contributed by atoms with Gasteiger partial charge in [-0.15, -0.1) is 24.0 Å². The number of hydrogen-bond acceptors (Lipinski definition) is 2. The van der Waals surface area contributed by atoms with Gasteiger partial charge in [0, 0.05) is 25.6 Å². The van der Waals surface area contributed by atoms with E-state index in [2.05, 4.69) is 29.5 Å². The van der Waals surface area contributed by atoms with Gasteiger partial charge in [-0.3, -0.25) is 4.99 Å². The second kappa shape index (κ2) is 9.26. The first kappa shape index (κ1) is 17.3.